The van der Waals surface area contributed by atoms with E-state index in [0.717, 1.165) is 6.42 Å². The molecule has 2 fully saturated rings. The van der Waals surface area contributed by atoms with Crippen molar-refractivity contribution >= 4 is 18.0 Å². The lowest BCUT2D eigenvalue weighted by molar-refractivity contribution is -0.164. The van der Waals surface area contributed by atoms with Crippen LogP contribution >= 0.6 is 0 Å². The molecule has 0 aromatic carbocycles. The van der Waals surface area contributed by atoms with Gasteiger partial charge in [0.15, 0.2) is 0 Å². The number of esters is 1. The number of amides is 2. The summed E-state index contributed by atoms with van der Waals surface area (Å²) in [5.41, 5.74) is -1.24. The third kappa shape index (κ3) is 4.18. The van der Waals surface area contributed by atoms with E-state index in [9.17, 15) is 14.4 Å². The first-order chi connectivity index (χ1) is 12.9. The summed E-state index contributed by atoms with van der Waals surface area (Å²) < 4.78 is 11.1. The van der Waals surface area contributed by atoms with Crippen LogP contribution in [-0.4, -0.2) is 63.6 Å². The molecule has 0 aromatic rings. The van der Waals surface area contributed by atoms with Crippen LogP contribution in [0.2, 0.25) is 0 Å². The second-order valence-corrected chi connectivity index (χ2v) is 9.90. The lowest BCUT2D eigenvalue weighted by Crippen LogP contribution is -2.54. The van der Waals surface area contributed by atoms with Crippen LogP contribution in [0.4, 0.5) is 4.79 Å². The van der Waals surface area contributed by atoms with Crippen molar-refractivity contribution in [2.75, 3.05) is 6.54 Å². The SMILES string of the molecule is CC(C)(C)OC(=O)[C@@H]1CC[C@@H]2C=C[C@H]3CCN(C(=O)OC(C)(C)C)[C@@H]3C(=O)N21. The molecule has 7 nitrogen and oxygen atoms in total. The van der Waals surface area contributed by atoms with E-state index >= 15 is 0 Å². The van der Waals surface area contributed by atoms with Crippen molar-refractivity contribution in [3.63, 3.8) is 0 Å². The molecule has 4 atom stereocenters. The molecule has 0 saturated carbocycles. The number of fused-ring (bicyclic) bond motifs is 2. The second-order valence-electron chi connectivity index (χ2n) is 9.90. The summed E-state index contributed by atoms with van der Waals surface area (Å²) in [4.78, 5) is 42.1. The molecule has 0 radical (unpaired) electrons. The highest BCUT2D eigenvalue weighted by Crippen LogP contribution is 2.37. The molecule has 156 valence electrons. The molecule has 0 aromatic heterocycles. The maximum absolute atomic E-state index is 13.5. The molecule has 3 rings (SSSR count). The van der Waals surface area contributed by atoms with Crippen LogP contribution < -0.4 is 0 Å². The summed E-state index contributed by atoms with van der Waals surface area (Å²) in [6.45, 7) is 11.3. The molecular formula is C21H32N2O5. The number of nitrogens with zero attached hydrogens (tertiary/aromatic N) is 2. The molecule has 3 heterocycles. The summed E-state index contributed by atoms with van der Waals surface area (Å²) >= 11 is 0. The lowest BCUT2D eigenvalue weighted by Gasteiger charge is -2.34. The third-order valence-corrected chi connectivity index (χ3v) is 5.27. The Hall–Kier alpha value is -2.05. The molecule has 2 saturated heterocycles. The minimum absolute atomic E-state index is 0.0510. The van der Waals surface area contributed by atoms with Crippen molar-refractivity contribution in [2.24, 2.45) is 5.92 Å². The smallest absolute Gasteiger partial charge is 0.410 e. The summed E-state index contributed by atoms with van der Waals surface area (Å²) in [7, 11) is 0. The monoisotopic (exact) mass is 392 g/mol. The van der Waals surface area contributed by atoms with Crippen LogP contribution in [0, 0.1) is 5.92 Å². The normalized spacial score (nSPS) is 30.0. The standard InChI is InChI=1S/C21H32N2O5/c1-20(2,3)27-18(25)15-10-9-14-8-7-13-11-12-22(16(13)17(24)23(14)15)19(26)28-21(4,5)6/h7-8,13-16H,9-12H2,1-6H3/t13-,14-,15-,16-/m0/s1. The second kappa shape index (κ2) is 7.08. The van der Waals surface area contributed by atoms with E-state index in [0.29, 0.717) is 19.4 Å². The number of ether oxygens (including phenoxy) is 2. The number of hydrogen-bond donors (Lipinski definition) is 0. The molecule has 0 N–H and O–H groups in total. The molecule has 3 aliphatic heterocycles. The van der Waals surface area contributed by atoms with Gasteiger partial charge in [-0.25, -0.2) is 9.59 Å². The maximum Gasteiger partial charge on any atom is 0.410 e. The fourth-order valence-electron chi connectivity index (χ4n) is 4.23. The van der Waals surface area contributed by atoms with E-state index in [-0.39, 0.29) is 23.8 Å². The van der Waals surface area contributed by atoms with Gasteiger partial charge in [0.05, 0.1) is 6.04 Å². The zero-order chi connectivity index (χ0) is 20.9. The highest BCUT2D eigenvalue weighted by atomic mass is 16.6. The van der Waals surface area contributed by atoms with Gasteiger partial charge in [0.1, 0.15) is 23.3 Å². The van der Waals surface area contributed by atoms with Crippen LogP contribution in [0.25, 0.3) is 0 Å². The van der Waals surface area contributed by atoms with Gasteiger partial charge in [-0.2, -0.15) is 0 Å². The minimum Gasteiger partial charge on any atom is -0.458 e. The number of hydrogen-bond acceptors (Lipinski definition) is 5. The maximum atomic E-state index is 13.5. The number of rotatable bonds is 1. The van der Waals surface area contributed by atoms with Gasteiger partial charge in [0, 0.05) is 12.5 Å². The predicted molar refractivity (Wildman–Crippen MR) is 103 cm³/mol. The van der Waals surface area contributed by atoms with Crippen LogP contribution in [0.1, 0.15) is 60.8 Å². The van der Waals surface area contributed by atoms with Crippen LogP contribution in [-0.2, 0) is 19.1 Å². The molecular weight excluding hydrogens is 360 g/mol. The van der Waals surface area contributed by atoms with E-state index in [1.165, 1.54) is 4.90 Å². The molecule has 3 aliphatic rings. The molecule has 0 aliphatic carbocycles. The highest BCUT2D eigenvalue weighted by molar-refractivity contribution is 5.92. The Labute approximate surface area is 167 Å². The zero-order valence-corrected chi connectivity index (χ0v) is 17.7. The lowest BCUT2D eigenvalue weighted by atomic mass is 9.99. The first-order valence-electron chi connectivity index (χ1n) is 10.1. The Morgan fingerprint density at radius 3 is 2.21 bits per heavy atom. The average Bonchev–Trinajstić information content (AvgIpc) is 3.10. The highest BCUT2D eigenvalue weighted by Gasteiger charge is 2.51. The third-order valence-electron chi connectivity index (χ3n) is 5.27. The molecule has 7 heteroatoms. The van der Waals surface area contributed by atoms with Gasteiger partial charge in [0.25, 0.3) is 0 Å². The quantitative estimate of drug-likeness (QED) is 0.507. The summed E-state index contributed by atoms with van der Waals surface area (Å²) in [5, 5.41) is 0. The van der Waals surface area contributed by atoms with E-state index in [2.05, 4.69) is 0 Å². The average molecular weight is 392 g/mol. The van der Waals surface area contributed by atoms with Gasteiger partial charge in [-0.15, -0.1) is 0 Å². The van der Waals surface area contributed by atoms with Crippen molar-refractivity contribution in [3.05, 3.63) is 12.2 Å². The molecule has 28 heavy (non-hydrogen) atoms. The zero-order valence-electron chi connectivity index (χ0n) is 17.7. The largest absolute Gasteiger partial charge is 0.458 e. The Morgan fingerprint density at radius 1 is 0.964 bits per heavy atom. The molecule has 2 amide bonds. The molecule has 0 bridgehead atoms. The summed E-state index contributed by atoms with van der Waals surface area (Å²) in [6, 6.07) is -1.36. The van der Waals surface area contributed by atoms with E-state index in [4.69, 9.17) is 9.47 Å². The fraction of sp³-hybridized carbons (Fsp3) is 0.762. The van der Waals surface area contributed by atoms with E-state index in [1.807, 2.05) is 53.7 Å². The van der Waals surface area contributed by atoms with Crippen molar-refractivity contribution < 1.29 is 23.9 Å². The predicted octanol–water partition coefficient (Wildman–Crippen LogP) is 2.88. The van der Waals surface area contributed by atoms with Crippen molar-refractivity contribution in [2.45, 2.75) is 90.1 Å². The van der Waals surface area contributed by atoms with Gasteiger partial charge >= 0.3 is 12.1 Å². The Balaban J connectivity index is 1.84. The summed E-state index contributed by atoms with van der Waals surface area (Å²) in [5.74, 6) is -0.612. The topological polar surface area (TPSA) is 76.1 Å². The minimum atomic E-state index is -0.631. The van der Waals surface area contributed by atoms with Gasteiger partial charge < -0.3 is 14.4 Å². The number of carbonyl (C=O) groups excluding carboxylic acids is 3. The summed E-state index contributed by atoms with van der Waals surface area (Å²) in [6.07, 6.45) is 5.58. The van der Waals surface area contributed by atoms with Gasteiger partial charge in [-0.3, -0.25) is 9.69 Å². The number of carbonyl (C=O) groups is 3. The molecule has 0 unspecified atom stereocenters. The van der Waals surface area contributed by atoms with Crippen LogP contribution in [0.5, 0.6) is 0 Å². The number of likely N-dealkylation sites (tertiary alicyclic amines) is 1. The van der Waals surface area contributed by atoms with Crippen LogP contribution in [0.15, 0.2) is 12.2 Å². The Kier molecular flexibility index (Phi) is 5.23. The van der Waals surface area contributed by atoms with Crippen molar-refractivity contribution in [1.29, 1.82) is 0 Å². The van der Waals surface area contributed by atoms with Crippen LogP contribution in [0.3, 0.4) is 0 Å². The van der Waals surface area contributed by atoms with E-state index < -0.39 is 29.4 Å². The van der Waals surface area contributed by atoms with Gasteiger partial charge in [-0.05, 0) is 60.8 Å². The molecule has 0 spiro atoms. The Morgan fingerprint density at radius 2 is 1.61 bits per heavy atom. The van der Waals surface area contributed by atoms with E-state index in [1.54, 1.807) is 4.90 Å². The van der Waals surface area contributed by atoms with Gasteiger partial charge in [0.2, 0.25) is 5.91 Å². The first kappa shape index (κ1) is 20.7. The fourth-order valence-corrected chi connectivity index (χ4v) is 4.23. The van der Waals surface area contributed by atoms with Crippen molar-refractivity contribution in [1.82, 2.24) is 9.80 Å². The van der Waals surface area contributed by atoms with Gasteiger partial charge in [-0.1, -0.05) is 12.2 Å². The first-order valence-corrected chi connectivity index (χ1v) is 10.1. The Bertz CT molecular complexity index is 632. The van der Waals surface area contributed by atoms with Crippen molar-refractivity contribution in [3.8, 4) is 0 Å².